The van der Waals surface area contributed by atoms with E-state index in [-0.39, 0.29) is 39.6 Å². The van der Waals surface area contributed by atoms with Crippen LogP contribution in [0.2, 0.25) is 5.02 Å². The van der Waals surface area contributed by atoms with Crippen LogP contribution in [-0.2, 0) is 0 Å². The van der Waals surface area contributed by atoms with Gasteiger partial charge in [0.2, 0.25) is 0 Å². The lowest BCUT2D eigenvalue weighted by molar-refractivity contribution is 0.0997. The Morgan fingerprint density at radius 3 is 2.65 bits per heavy atom. The van der Waals surface area contributed by atoms with Gasteiger partial charge < -0.3 is 25.8 Å². The lowest BCUT2D eigenvalue weighted by Gasteiger charge is -2.14. The maximum Gasteiger partial charge on any atom is 0.319 e. The maximum atomic E-state index is 14.9. The molecule has 0 atom stereocenters. The highest BCUT2D eigenvalue weighted by Crippen LogP contribution is 2.37. The van der Waals surface area contributed by atoms with Gasteiger partial charge in [0.25, 0.3) is 5.91 Å². The third kappa shape index (κ3) is 4.31. The van der Waals surface area contributed by atoms with Gasteiger partial charge in [-0.2, -0.15) is 0 Å². The first-order chi connectivity index (χ1) is 14.9. The van der Waals surface area contributed by atoms with E-state index in [0.717, 1.165) is 12.8 Å². The predicted molar refractivity (Wildman–Crippen MR) is 113 cm³/mol. The number of urea groups is 1. The van der Waals surface area contributed by atoms with Crippen LogP contribution in [0.3, 0.4) is 0 Å². The van der Waals surface area contributed by atoms with Crippen molar-refractivity contribution in [1.29, 1.82) is 0 Å². The average molecular weight is 445 g/mol. The van der Waals surface area contributed by atoms with E-state index in [2.05, 4.69) is 15.6 Å². The summed E-state index contributed by atoms with van der Waals surface area (Å²) < 4.78 is 25.8. The van der Waals surface area contributed by atoms with Crippen LogP contribution in [0.15, 0.2) is 36.5 Å². The number of carbonyl (C=O) groups excluding carboxylic acids is 2. The highest BCUT2D eigenvalue weighted by molar-refractivity contribution is 6.34. The van der Waals surface area contributed by atoms with E-state index in [1.807, 2.05) is 0 Å². The van der Waals surface area contributed by atoms with Crippen LogP contribution in [0.25, 0.3) is 10.9 Å². The Kier molecular flexibility index (Phi) is 5.51. The summed E-state index contributed by atoms with van der Waals surface area (Å²) >= 11 is 6.10. The molecule has 1 aromatic heterocycles. The number of rotatable bonds is 6. The Morgan fingerprint density at radius 2 is 1.97 bits per heavy atom. The lowest BCUT2D eigenvalue weighted by atomic mass is 10.1. The molecule has 160 valence electrons. The molecule has 0 radical (unpaired) electrons. The Morgan fingerprint density at radius 1 is 1.19 bits per heavy atom. The van der Waals surface area contributed by atoms with Gasteiger partial charge in [0.05, 0.1) is 23.9 Å². The fourth-order valence-electron chi connectivity index (χ4n) is 3.00. The number of nitrogens with one attached hydrogen (secondary N) is 2. The summed E-state index contributed by atoms with van der Waals surface area (Å²) in [4.78, 5) is 27.9. The summed E-state index contributed by atoms with van der Waals surface area (Å²) in [5.41, 5.74) is 6.13. The van der Waals surface area contributed by atoms with Crippen molar-refractivity contribution in [1.82, 2.24) is 10.3 Å². The second-order valence-corrected chi connectivity index (χ2v) is 7.33. The summed E-state index contributed by atoms with van der Waals surface area (Å²) in [5.74, 6) is -1.21. The minimum atomic E-state index is -0.848. The van der Waals surface area contributed by atoms with Crippen LogP contribution >= 0.6 is 11.6 Å². The van der Waals surface area contributed by atoms with Crippen molar-refractivity contribution in [3.05, 3.63) is 52.9 Å². The second-order valence-electron chi connectivity index (χ2n) is 6.96. The molecule has 1 fully saturated rings. The van der Waals surface area contributed by atoms with Crippen molar-refractivity contribution in [2.45, 2.75) is 18.9 Å². The number of pyridine rings is 1. The molecular formula is C21H18ClFN4O4. The topological polar surface area (TPSA) is 116 Å². The SMILES string of the molecule is COc1cc2nccc(Oc3ccc(NC(=O)NC4CC4)c(Cl)c3F)c2cc1C(N)=O. The second kappa shape index (κ2) is 8.27. The highest BCUT2D eigenvalue weighted by atomic mass is 35.5. The Bertz CT molecular complexity index is 1200. The van der Waals surface area contributed by atoms with E-state index in [1.165, 1.54) is 43.6 Å². The lowest BCUT2D eigenvalue weighted by Crippen LogP contribution is -2.30. The van der Waals surface area contributed by atoms with Gasteiger partial charge >= 0.3 is 6.03 Å². The molecule has 0 spiro atoms. The smallest absolute Gasteiger partial charge is 0.319 e. The number of primary amides is 1. The van der Waals surface area contributed by atoms with Crippen molar-refractivity contribution in [2.75, 3.05) is 12.4 Å². The predicted octanol–water partition coefficient (Wildman–Crippen LogP) is 4.21. The minimum Gasteiger partial charge on any atom is -0.496 e. The van der Waals surface area contributed by atoms with Gasteiger partial charge in [-0.3, -0.25) is 9.78 Å². The Balaban J connectivity index is 1.65. The van der Waals surface area contributed by atoms with Crippen LogP contribution in [0.5, 0.6) is 17.2 Å². The van der Waals surface area contributed by atoms with Crippen LogP contribution in [0, 0.1) is 5.82 Å². The number of aromatic nitrogens is 1. The Labute approximate surface area is 181 Å². The molecule has 31 heavy (non-hydrogen) atoms. The number of methoxy groups -OCH3 is 1. The summed E-state index contributed by atoms with van der Waals surface area (Å²) in [6, 6.07) is 7.00. The van der Waals surface area contributed by atoms with Crippen molar-refractivity contribution in [3.63, 3.8) is 0 Å². The summed E-state index contributed by atoms with van der Waals surface area (Å²) in [6.45, 7) is 0. The number of halogens is 2. The number of amides is 3. The van der Waals surface area contributed by atoms with E-state index in [4.69, 9.17) is 26.8 Å². The number of carbonyl (C=O) groups is 2. The maximum absolute atomic E-state index is 14.9. The van der Waals surface area contributed by atoms with Crippen molar-refractivity contribution >= 4 is 40.1 Å². The third-order valence-corrected chi connectivity index (χ3v) is 5.09. The zero-order valence-corrected chi connectivity index (χ0v) is 17.1. The molecule has 0 saturated heterocycles. The number of anilines is 1. The van der Waals surface area contributed by atoms with Crippen LogP contribution in [0.4, 0.5) is 14.9 Å². The number of ether oxygens (including phenoxy) is 2. The molecule has 3 aromatic rings. The zero-order chi connectivity index (χ0) is 22.1. The average Bonchev–Trinajstić information content (AvgIpc) is 3.56. The van der Waals surface area contributed by atoms with E-state index in [1.54, 1.807) is 0 Å². The molecule has 1 saturated carbocycles. The fourth-order valence-corrected chi connectivity index (χ4v) is 3.20. The summed E-state index contributed by atoms with van der Waals surface area (Å²) in [6.07, 6.45) is 3.32. The van der Waals surface area contributed by atoms with Crippen LogP contribution < -0.4 is 25.8 Å². The van der Waals surface area contributed by atoms with Crippen molar-refractivity contribution in [2.24, 2.45) is 5.73 Å². The zero-order valence-electron chi connectivity index (χ0n) is 16.4. The van der Waals surface area contributed by atoms with Gasteiger partial charge in [-0.15, -0.1) is 0 Å². The molecule has 0 bridgehead atoms. The van der Waals surface area contributed by atoms with Crippen LogP contribution in [-0.4, -0.2) is 30.1 Å². The first kappa shape index (κ1) is 20.7. The Hall–Kier alpha value is -3.59. The fraction of sp³-hybridized carbons (Fsp3) is 0.190. The largest absolute Gasteiger partial charge is 0.496 e. The quantitative estimate of drug-likeness (QED) is 0.526. The standard InChI is InChI=1S/C21H18ClFN4O4/c1-30-17-9-14-11(8-12(17)20(24)28)15(6-7-25-14)31-16-5-4-13(18(22)19(16)23)27-21(29)26-10-2-3-10/h4-10H,2-3H2,1H3,(H2,24,28)(H2,26,27,29). The summed E-state index contributed by atoms with van der Waals surface area (Å²) in [5, 5.41) is 5.39. The molecule has 0 unspecified atom stereocenters. The molecule has 8 nitrogen and oxygen atoms in total. The highest BCUT2D eigenvalue weighted by Gasteiger charge is 2.24. The van der Waals surface area contributed by atoms with Crippen molar-refractivity contribution < 1.29 is 23.5 Å². The van der Waals surface area contributed by atoms with Gasteiger partial charge in [-0.05, 0) is 37.1 Å². The van der Waals surface area contributed by atoms with Crippen molar-refractivity contribution in [3.8, 4) is 17.2 Å². The molecule has 4 rings (SSSR count). The van der Waals surface area contributed by atoms with E-state index in [0.29, 0.717) is 10.9 Å². The van der Waals surface area contributed by atoms with Gasteiger partial charge in [-0.25, -0.2) is 9.18 Å². The van der Waals surface area contributed by atoms with E-state index >= 15 is 0 Å². The normalized spacial score (nSPS) is 13.0. The molecule has 3 amide bonds. The molecule has 1 aliphatic rings. The molecular weight excluding hydrogens is 427 g/mol. The molecule has 10 heteroatoms. The van der Waals surface area contributed by atoms with E-state index < -0.39 is 17.8 Å². The number of hydrogen-bond donors (Lipinski definition) is 3. The number of nitrogens with two attached hydrogens (primary N) is 1. The monoisotopic (exact) mass is 444 g/mol. The minimum absolute atomic E-state index is 0.116. The van der Waals surface area contributed by atoms with Crippen LogP contribution in [0.1, 0.15) is 23.2 Å². The number of benzene rings is 2. The molecule has 0 aliphatic heterocycles. The summed E-state index contributed by atoms with van der Waals surface area (Å²) in [7, 11) is 1.41. The number of hydrogen-bond acceptors (Lipinski definition) is 5. The number of nitrogens with zero attached hydrogens (tertiary/aromatic N) is 1. The number of fused-ring (bicyclic) bond motifs is 1. The van der Waals surface area contributed by atoms with Gasteiger partial charge in [0.15, 0.2) is 11.6 Å². The first-order valence-electron chi connectivity index (χ1n) is 9.37. The first-order valence-corrected chi connectivity index (χ1v) is 9.75. The molecule has 1 heterocycles. The van der Waals surface area contributed by atoms with Gasteiger partial charge in [0.1, 0.15) is 16.5 Å². The van der Waals surface area contributed by atoms with Gasteiger partial charge in [0, 0.05) is 23.7 Å². The molecule has 1 aliphatic carbocycles. The van der Waals surface area contributed by atoms with Gasteiger partial charge in [-0.1, -0.05) is 11.6 Å². The third-order valence-electron chi connectivity index (χ3n) is 4.72. The molecule has 2 aromatic carbocycles. The molecule has 4 N–H and O–H groups in total. The van der Waals surface area contributed by atoms with E-state index in [9.17, 15) is 14.0 Å².